The normalized spacial score (nSPS) is 8.62. The minimum Gasteiger partial charge on any atom is -0.0857 e. The van der Waals surface area contributed by atoms with Gasteiger partial charge in [0.2, 0.25) is 0 Å². The second-order valence-electron chi connectivity index (χ2n) is 2.88. The van der Waals surface area contributed by atoms with Crippen molar-refractivity contribution in [3.05, 3.63) is 35.4 Å². The highest BCUT2D eigenvalue weighted by atomic mass is 127. The number of rotatable bonds is 2. The number of hydrogen-bond acceptors (Lipinski definition) is 2. The highest BCUT2D eigenvalue weighted by Crippen LogP contribution is 2.09. The molecule has 0 radical (unpaired) electrons. The third kappa shape index (κ3) is 6.29. The van der Waals surface area contributed by atoms with Crippen molar-refractivity contribution in [3.63, 3.8) is 0 Å². The van der Waals surface area contributed by atoms with Gasteiger partial charge in [-0.05, 0) is 39.5 Å². The van der Waals surface area contributed by atoms with Gasteiger partial charge in [-0.1, -0.05) is 36.1 Å². The standard InChI is InChI=1S/C12H8I2S2/c13-15-9-1-3-11-5-7-12(8-6-11)4-2-10-16-14/h5-8H,3-4H2. The fourth-order valence-corrected chi connectivity index (χ4v) is 2.29. The van der Waals surface area contributed by atoms with Crippen molar-refractivity contribution in [2.24, 2.45) is 0 Å². The van der Waals surface area contributed by atoms with Gasteiger partial charge in [-0.15, -0.1) is 0 Å². The van der Waals surface area contributed by atoms with E-state index >= 15 is 0 Å². The van der Waals surface area contributed by atoms with E-state index in [1.807, 2.05) is 0 Å². The molecule has 0 heterocycles. The lowest BCUT2D eigenvalue weighted by Gasteiger charge is -1.97. The van der Waals surface area contributed by atoms with Gasteiger partial charge >= 0.3 is 0 Å². The third-order valence-electron chi connectivity index (χ3n) is 1.83. The number of benzene rings is 1. The Morgan fingerprint density at radius 2 is 1.19 bits per heavy atom. The molecule has 0 aliphatic rings. The number of halogens is 2. The van der Waals surface area contributed by atoms with E-state index in [-0.39, 0.29) is 0 Å². The van der Waals surface area contributed by atoms with Crippen molar-refractivity contribution in [2.45, 2.75) is 12.8 Å². The molecule has 0 bridgehead atoms. The molecule has 0 saturated heterocycles. The van der Waals surface area contributed by atoms with Gasteiger partial charge in [0.05, 0.1) is 0 Å². The topological polar surface area (TPSA) is 0 Å². The van der Waals surface area contributed by atoms with Crippen molar-refractivity contribution in [2.75, 3.05) is 0 Å². The van der Waals surface area contributed by atoms with Gasteiger partial charge in [-0.3, -0.25) is 0 Å². The molecule has 0 aromatic heterocycles. The van der Waals surface area contributed by atoms with Crippen LogP contribution in [-0.2, 0) is 12.8 Å². The van der Waals surface area contributed by atoms with E-state index in [0.29, 0.717) is 0 Å². The summed E-state index contributed by atoms with van der Waals surface area (Å²) in [6.07, 6.45) is 1.65. The van der Waals surface area contributed by atoms with E-state index in [1.54, 1.807) is 0 Å². The maximum atomic E-state index is 3.10. The van der Waals surface area contributed by atoms with Crippen molar-refractivity contribution < 1.29 is 0 Å². The first-order chi connectivity index (χ1) is 7.86. The maximum Gasteiger partial charge on any atom is 0.0349 e. The van der Waals surface area contributed by atoms with Crippen LogP contribution in [0.4, 0.5) is 0 Å². The van der Waals surface area contributed by atoms with E-state index in [1.165, 1.54) is 29.0 Å². The molecule has 0 spiro atoms. The third-order valence-corrected chi connectivity index (χ3v) is 3.59. The Morgan fingerprint density at radius 3 is 1.50 bits per heavy atom. The Balaban J connectivity index is 2.54. The van der Waals surface area contributed by atoms with Crippen molar-refractivity contribution >= 4 is 60.3 Å². The summed E-state index contributed by atoms with van der Waals surface area (Å²) < 4.78 is 0. The van der Waals surface area contributed by atoms with E-state index in [0.717, 1.165) is 12.8 Å². The molecule has 16 heavy (non-hydrogen) atoms. The molecule has 0 N–H and O–H groups in total. The van der Waals surface area contributed by atoms with Gasteiger partial charge in [0.15, 0.2) is 0 Å². The van der Waals surface area contributed by atoms with Crippen LogP contribution in [0.3, 0.4) is 0 Å². The summed E-state index contributed by atoms with van der Waals surface area (Å²) in [5, 5.41) is 5.96. The molecule has 0 nitrogen and oxygen atoms in total. The summed E-state index contributed by atoms with van der Waals surface area (Å²) in [6, 6.07) is 8.50. The highest BCUT2D eigenvalue weighted by molar-refractivity contribution is 14.2. The van der Waals surface area contributed by atoms with Gasteiger partial charge in [0, 0.05) is 55.3 Å². The fraction of sp³-hybridized carbons (Fsp3) is 0.167. The summed E-state index contributed by atoms with van der Waals surface area (Å²) in [4.78, 5) is 0. The van der Waals surface area contributed by atoms with Crippen LogP contribution in [0.1, 0.15) is 11.1 Å². The quantitative estimate of drug-likeness (QED) is 0.448. The first-order valence-electron chi connectivity index (χ1n) is 4.45. The molecule has 0 aliphatic carbocycles. The predicted octanol–water partition coefficient (Wildman–Crippen LogP) is 4.86. The van der Waals surface area contributed by atoms with Gasteiger partial charge < -0.3 is 0 Å². The van der Waals surface area contributed by atoms with Crippen LogP contribution in [0.2, 0.25) is 0 Å². The molecule has 0 saturated carbocycles. The Hall–Kier alpha value is 0.500. The molecule has 0 atom stereocenters. The Labute approximate surface area is 129 Å². The summed E-state index contributed by atoms with van der Waals surface area (Å²) in [7, 11) is 3.05. The SMILES string of the molecule is ISC#CCc1ccc(CC#CSI)cc1. The van der Waals surface area contributed by atoms with Crippen molar-refractivity contribution in [3.8, 4) is 22.3 Å². The van der Waals surface area contributed by atoms with Crippen LogP contribution >= 0.6 is 60.3 Å². The molecule has 0 fully saturated rings. The Bertz CT molecular complexity index is 389. The predicted molar refractivity (Wildman–Crippen MR) is 92.6 cm³/mol. The smallest absolute Gasteiger partial charge is 0.0349 e. The molecule has 0 amide bonds. The summed E-state index contributed by atoms with van der Waals surface area (Å²) in [5.74, 6) is 6.19. The van der Waals surface area contributed by atoms with Crippen molar-refractivity contribution in [1.82, 2.24) is 0 Å². The lowest BCUT2D eigenvalue weighted by molar-refractivity contribution is 1.26. The number of hydrogen-bond donors (Lipinski definition) is 0. The van der Waals surface area contributed by atoms with Crippen LogP contribution in [0, 0.1) is 22.3 Å². The van der Waals surface area contributed by atoms with Crippen LogP contribution in [0.25, 0.3) is 0 Å². The molecule has 0 unspecified atom stereocenters. The molecular weight excluding hydrogens is 462 g/mol. The highest BCUT2D eigenvalue weighted by Gasteiger charge is 1.91. The summed E-state index contributed by atoms with van der Waals surface area (Å²) in [5.41, 5.74) is 2.52. The van der Waals surface area contributed by atoms with E-state index in [4.69, 9.17) is 0 Å². The Morgan fingerprint density at radius 1 is 0.812 bits per heavy atom. The molecular formula is C12H8I2S2. The summed E-state index contributed by atoms with van der Waals surface area (Å²) >= 11 is 4.36. The van der Waals surface area contributed by atoms with Crippen LogP contribution in [0.15, 0.2) is 24.3 Å². The van der Waals surface area contributed by atoms with E-state index < -0.39 is 0 Å². The second kappa shape index (κ2) is 9.52. The van der Waals surface area contributed by atoms with Crippen molar-refractivity contribution in [1.29, 1.82) is 0 Å². The molecule has 1 aromatic rings. The zero-order valence-corrected chi connectivity index (χ0v) is 14.2. The van der Waals surface area contributed by atoms with Gasteiger partial charge in [0.1, 0.15) is 0 Å². The average molecular weight is 470 g/mol. The van der Waals surface area contributed by atoms with Gasteiger partial charge in [0.25, 0.3) is 0 Å². The van der Waals surface area contributed by atoms with Gasteiger partial charge in [-0.2, -0.15) is 0 Å². The van der Waals surface area contributed by atoms with Crippen LogP contribution in [0.5, 0.6) is 0 Å². The van der Waals surface area contributed by atoms with Crippen LogP contribution < -0.4 is 0 Å². The molecule has 4 heteroatoms. The maximum absolute atomic E-state index is 3.10. The van der Waals surface area contributed by atoms with E-state index in [9.17, 15) is 0 Å². The molecule has 0 aliphatic heterocycles. The van der Waals surface area contributed by atoms with Gasteiger partial charge in [-0.25, -0.2) is 0 Å². The molecule has 1 rings (SSSR count). The minimum atomic E-state index is 0.825. The average Bonchev–Trinajstić information content (AvgIpc) is 2.32. The van der Waals surface area contributed by atoms with E-state index in [2.05, 4.69) is 89.0 Å². The monoisotopic (exact) mass is 470 g/mol. The zero-order valence-electron chi connectivity index (χ0n) is 8.30. The first-order valence-corrected chi connectivity index (χ1v) is 11.2. The zero-order chi connectivity index (χ0) is 11.6. The lowest BCUT2D eigenvalue weighted by atomic mass is 10.1. The Kier molecular flexibility index (Phi) is 8.67. The second-order valence-corrected chi connectivity index (χ2v) is 6.24. The first kappa shape index (κ1) is 14.6. The minimum absolute atomic E-state index is 0.825. The molecule has 82 valence electrons. The largest absolute Gasteiger partial charge is 0.0857 e. The molecule has 1 aromatic carbocycles. The summed E-state index contributed by atoms with van der Waals surface area (Å²) in [6.45, 7) is 0. The van der Waals surface area contributed by atoms with Crippen LogP contribution in [-0.4, -0.2) is 0 Å². The lowest BCUT2D eigenvalue weighted by Crippen LogP contribution is -1.84. The fourth-order valence-electron chi connectivity index (χ4n) is 1.11.